The van der Waals surface area contributed by atoms with Gasteiger partial charge in [0.1, 0.15) is 18.8 Å². The molecule has 3 rings (SSSR count). The van der Waals surface area contributed by atoms with Gasteiger partial charge >= 0.3 is 6.09 Å². The van der Waals surface area contributed by atoms with Gasteiger partial charge in [0.15, 0.2) is 11.6 Å². The van der Waals surface area contributed by atoms with Crippen molar-refractivity contribution in [1.29, 1.82) is 0 Å². The molecule has 1 amide bonds. The summed E-state index contributed by atoms with van der Waals surface area (Å²) < 4.78 is 24.6. The molecule has 2 heterocycles. The third-order valence-corrected chi connectivity index (χ3v) is 3.98. The Kier molecular flexibility index (Phi) is 8.89. The summed E-state index contributed by atoms with van der Waals surface area (Å²) in [6.45, 7) is 0.303. The molecule has 0 saturated carbocycles. The normalized spacial score (nSPS) is 16.9. The number of nitrogens with zero attached hydrogens (tertiary/aromatic N) is 2. The van der Waals surface area contributed by atoms with Gasteiger partial charge in [-0.15, -0.1) is 6.54 Å². The van der Waals surface area contributed by atoms with Crippen LogP contribution in [0.25, 0.3) is 5.73 Å². The zero-order chi connectivity index (χ0) is 19.2. The van der Waals surface area contributed by atoms with E-state index < -0.39 is 24.1 Å². The molecule has 1 aliphatic heterocycles. The fourth-order valence-electron chi connectivity index (χ4n) is 2.56. The molecule has 1 saturated heterocycles. The molecular weight excluding hydrogens is 582 g/mol. The fourth-order valence-corrected chi connectivity index (χ4v) is 2.56. The van der Waals surface area contributed by atoms with Gasteiger partial charge in [0.25, 0.3) is 0 Å². The summed E-state index contributed by atoms with van der Waals surface area (Å²) in [6.07, 6.45) is 1.30. The van der Waals surface area contributed by atoms with Crippen LogP contribution in [-0.2, 0) is 4.74 Å². The molecule has 0 spiro atoms. The van der Waals surface area contributed by atoms with Gasteiger partial charge in [-0.25, -0.2) is 9.18 Å². The number of nitrogens with one attached hydrogen (secondary N) is 2. The maximum Gasteiger partial charge on any atom is 0.414 e. The summed E-state index contributed by atoms with van der Waals surface area (Å²) in [5.74, 6) is -0.671. The molecule has 1 aliphatic rings. The van der Waals surface area contributed by atoms with E-state index in [0.29, 0.717) is 5.69 Å². The molecule has 1 aromatic carbocycles. The molecule has 147 valence electrons. The van der Waals surface area contributed by atoms with Crippen LogP contribution in [0, 0.1) is 49.9 Å². The second-order valence-electron chi connectivity index (χ2n) is 6.02. The topological polar surface area (TPSA) is 108 Å². The summed E-state index contributed by atoms with van der Waals surface area (Å²) in [7, 11) is 0. The molecule has 28 heavy (non-hydrogen) atoms. The van der Waals surface area contributed by atoms with Crippen LogP contribution in [0.1, 0.15) is 0 Å². The van der Waals surface area contributed by atoms with E-state index in [0.717, 1.165) is 5.69 Å². The van der Waals surface area contributed by atoms with E-state index in [2.05, 4.69) is 10.3 Å². The number of hydrogen-bond donors (Lipinski definition) is 2. The Labute approximate surface area is 197 Å². The number of ether oxygens (including phenoxy) is 2. The number of aromatic nitrogens is 1. The Morgan fingerprint density at radius 1 is 1.39 bits per heavy atom. The molecule has 0 bridgehead atoms. The average Bonchev–Trinajstić information content (AvgIpc) is 3.07. The quantitative estimate of drug-likeness (QED) is 0.481. The van der Waals surface area contributed by atoms with Crippen LogP contribution in [-0.4, -0.2) is 54.6 Å². The Bertz CT molecular complexity index is 783. The molecule has 0 aliphatic carbocycles. The zero-order valence-electron chi connectivity index (χ0n) is 15.0. The van der Waals surface area contributed by atoms with Crippen molar-refractivity contribution in [1.82, 2.24) is 4.98 Å². The van der Waals surface area contributed by atoms with E-state index in [4.69, 9.17) is 15.2 Å². The number of amides is 1. The summed E-state index contributed by atoms with van der Waals surface area (Å²) in [6, 6.07) is 7.63. The Morgan fingerprint density at radius 2 is 2.14 bits per heavy atom. The standard InChI is InChI=1S/C18H20FN4O4.Ac/c19-16-7-13(23-10-15(8-20)27-18(23)25)1-2-17(16)26-11-14(24)9-22-12-3-5-21-6-4-12;/h1-7,14-15,20,24H,8-11H2,(H,21,22);/q-1;/t14?,15-;/m1./s1. The molecular formula is C18H20AcFN4O4-. The van der Waals surface area contributed by atoms with Gasteiger partial charge in [-0.05, 0) is 24.3 Å². The minimum absolute atomic E-state index is 0. The second-order valence-corrected chi connectivity index (χ2v) is 6.02. The number of aliphatic hydroxyl groups excluding tert-OH is 1. The largest absolute Gasteiger partial charge is 0.674 e. The monoisotopic (exact) mass is 602 g/mol. The van der Waals surface area contributed by atoms with Crippen LogP contribution in [0.3, 0.4) is 0 Å². The Hall–Kier alpha value is -1.47. The second kappa shape index (κ2) is 10.9. The predicted octanol–water partition coefficient (Wildman–Crippen LogP) is 2.45. The number of aliphatic hydroxyl groups is 1. The van der Waals surface area contributed by atoms with E-state index in [1.54, 1.807) is 24.5 Å². The van der Waals surface area contributed by atoms with Gasteiger partial charge in [-0.3, -0.25) is 9.88 Å². The maximum absolute atomic E-state index is 14.3. The van der Waals surface area contributed by atoms with Crippen molar-refractivity contribution < 1.29 is 67.8 Å². The maximum atomic E-state index is 14.3. The molecule has 2 atom stereocenters. The Morgan fingerprint density at radius 3 is 2.79 bits per heavy atom. The molecule has 3 N–H and O–H groups in total. The number of hydrogen-bond acceptors (Lipinski definition) is 6. The summed E-state index contributed by atoms with van der Waals surface area (Å²) in [5.41, 5.74) is 8.42. The predicted molar refractivity (Wildman–Crippen MR) is 97.4 cm³/mol. The van der Waals surface area contributed by atoms with Gasteiger partial charge in [0, 0.05) is 74.8 Å². The molecule has 10 heteroatoms. The average molecular weight is 602 g/mol. The van der Waals surface area contributed by atoms with Crippen molar-refractivity contribution >= 4 is 17.5 Å². The minimum atomic E-state index is -0.844. The van der Waals surface area contributed by atoms with E-state index >= 15 is 0 Å². The van der Waals surface area contributed by atoms with E-state index in [1.165, 1.54) is 23.1 Å². The molecule has 1 aromatic heterocycles. The van der Waals surface area contributed by atoms with Crippen LogP contribution in [0.15, 0.2) is 42.7 Å². The van der Waals surface area contributed by atoms with Crippen LogP contribution in [0.5, 0.6) is 5.75 Å². The molecule has 1 unspecified atom stereocenters. The summed E-state index contributed by atoms with van der Waals surface area (Å²) >= 11 is 0. The summed E-state index contributed by atoms with van der Waals surface area (Å²) in [4.78, 5) is 16.9. The minimum Gasteiger partial charge on any atom is -0.674 e. The molecule has 8 nitrogen and oxygen atoms in total. The number of cyclic esters (lactones) is 1. The molecule has 1 radical (unpaired) electrons. The number of carbonyl (C=O) groups excluding carboxylic acids is 1. The smallest absolute Gasteiger partial charge is 0.414 e. The van der Waals surface area contributed by atoms with Crippen molar-refractivity contribution in [3.8, 4) is 5.75 Å². The number of benzene rings is 1. The third-order valence-electron chi connectivity index (χ3n) is 3.98. The number of rotatable bonds is 8. The first-order valence-electron chi connectivity index (χ1n) is 8.44. The number of halogens is 1. The number of pyridine rings is 1. The van der Waals surface area contributed by atoms with E-state index in [-0.39, 0.29) is 76.1 Å². The summed E-state index contributed by atoms with van der Waals surface area (Å²) in [5, 5.41) is 13.0. The number of carbonyl (C=O) groups is 1. The van der Waals surface area contributed by atoms with Crippen LogP contribution in [0.4, 0.5) is 20.6 Å². The molecule has 2 aromatic rings. The van der Waals surface area contributed by atoms with Crippen molar-refractivity contribution in [2.24, 2.45) is 0 Å². The van der Waals surface area contributed by atoms with Crippen molar-refractivity contribution in [3.05, 3.63) is 54.3 Å². The van der Waals surface area contributed by atoms with Crippen LogP contribution < -0.4 is 15.0 Å². The first kappa shape index (κ1) is 22.8. The molecule has 1 fully saturated rings. The van der Waals surface area contributed by atoms with Crippen molar-refractivity contribution in [2.45, 2.75) is 12.2 Å². The van der Waals surface area contributed by atoms with Crippen LogP contribution >= 0.6 is 0 Å². The van der Waals surface area contributed by atoms with Gasteiger partial charge < -0.3 is 25.6 Å². The SMILES string of the molecule is [Ac].[NH-]C[C@@H]1CN(c2ccc(OCC(O)CNc3ccncc3)c(F)c2)C(=O)O1. The first-order chi connectivity index (χ1) is 13.1. The Balaban J connectivity index is 0.00000280. The third kappa shape index (κ3) is 6.01. The first-order valence-corrected chi connectivity index (χ1v) is 8.44. The van der Waals surface area contributed by atoms with Crippen molar-refractivity contribution in [3.63, 3.8) is 0 Å². The van der Waals surface area contributed by atoms with Gasteiger partial charge in [0.05, 0.1) is 12.2 Å². The van der Waals surface area contributed by atoms with Gasteiger partial charge in [-0.1, -0.05) is 0 Å². The van der Waals surface area contributed by atoms with E-state index in [1.807, 2.05) is 0 Å². The fraction of sp³-hybridized carbons (Fsp3) is 0.333. The van der Waals surface area contributed by atoms with Gasteiger partial charge in [-0.2, -0.15) is 0 Å². The number of anilines is 2. The van der Waals surface area contributed by atoms with Gasteiger partial charge in [0.2, 0.25) is 0 Å². The van der Waals surface area contributed by atoms with E-state index in [9.17, 15) is 14.3 Å². The van der Waals surface area contributed by atoms with Crippen LogP contribution in [0.2, 0.25) is 0 Å². The van der Waals surface area contributed by atoms with Crippen molar-refractivity contribution in [2.75, 3.05) is 36.5 Å². The zero-order valence-corrected chi connectivity index (χ0v) is 19.8.